The molecule has 0 fully saturated rings. The summed E-state index contributed by atoms with van der Waals surface area (Å²) in [6.45, 7) is 1.07. The lowest BCUT2D eigenvalue weighted by atomic mass is 9.99. The molecule has 1 aliphatic heterocycles. The van der Waals surface area contributed by atoms with Gasteiger partial charge in [-0.25, -0.2) is 4.79 Å². The van der Waals surface area contributed by atoms with Crippen molar-refractivity contribution in [2.75, 3.05) is 25.6 Å². The fraction of sp³-hybridized carbons (Fsp3) is 0.250. The molecule has 0 saturated heterocycles. The van der Waals surface area contributed by atoms with Crippen molar-refractivity contribution in [1.29, 1.82) is 0 Å². The van der Waals surface area contributed by atoms with Crippen molar-refractivity contribution in [1.82, 2.24) is 0 Å². The first-order valence-electron chi connectivity index (χ1n) is 8.38. The minimum absolute atomic E-state index is 0.100. The van der Waals surface area contributed by atoms with E-state index in [4.69, 9.17) is 14.2 Å². The molecule has 1 heterocycles. The summed E-state index contributed by atoms with van der Waals surface area (Å²) in [7, 11) is 1.56. The van der Waals surface area contributed by atoms with Crippen LogP contribution < -0.4 is 14.8 Å². The number of carbonyl (C=O) groups excluding carboxylic acids is 3. The van der Waals surface area contributed by atoms with Gasteiger partial charge >= 0.3 is 5.97 Å². The van der Waals surface area contributed by atoms with Gasteiger partial charge in [0.15, 0.2) is 19.0 Å². The molecule has 1 amide bonds. The van der Waals surface area contributed by atoms with Crippen molar-refractivity contribution < 1.29 is 28.6 Å². The van der Waals surface area contributed by atoms with Crippen LogP contribution in [0.1, 0.15) is 28.8 Å². The quantitative estimate of drug-likeness (QED) is 0.596. The van der Waals surface area contributed by atoms with Crippen LogP contribution in [-0.2, 0) is 14.3 Å². The molecule has 27 heavy (non-hydrogen) atoms. The number of ketones is 1. The van der Waals surface area contributed by atoms with Crippen LogP contribution >= 0.6 is 0 Å². The number of nitrogens with one attached hydrogen (secondary N) is 1. The molecule has 1 atom stereocenters. The molecule has 7 nitrogen and oxygen atoms in total. The van der Waals surface area contributed by atoms with Gasteiger partial charge in [-0.15, -0.1) is 0 Å². The molecule has 0 saturated carbocycles. The maximum atomic E-state index is 12.2. The normalized spacial score (nSPS) is 14.9. The molecule has 1 aliphatic rings. The highest BCUT2D eigenvalue weighted by Crippen LogP contribution is 2.32. The summed E-state index contributed by atoms with van der Waals surface area (Å²) in [5, 5.41) is 2.74. The molecule has 0 aromatic heterocycles. The van der Waals surface area contributed by atoms with Crippen LogP contribution in [-0.4, -0.2) is 38.0 Å². The van der Waals surface area contributed by atoms with Gasteiger partial charge in [-0.3, -0.25) is 9.59 Å². The third kappa shape index (κ3) is 4.25. The maximum Gasteiger partial charge on any atom is 0.344 e. The van der Waals surface area contributed by atoms with E-state index in [1.807, 2.05) is 0 Å². The van der Waals surface area contributed by atoms with Crippen molar-refractivity contribution >= 4 is 23.3 Å². The summed E-state index contributed by atoms with van der Waals surface area (Å²) in [4.78, 5) is 35.7. The Balaban J connectivity index is 1.50. The highest BCUT2D eigenvalue weighted by Gasteiger charge is 2.27. The van der Waals surface area contributed by atoms with Gasteiger partial charge in [-0.05, 0) is 55.0 Å². The van der Waals surface area contributed by atoms with Crippen molar-refractivity contribution in [3.63, 3.8) is 0 Å². The molecular formula is C20H19NO6. The highest BCUT2D eigenvalue weighted by atomic mass is 16.6. The Labute approximate surface area is 156 Å². The molecule has 0 aliphatic carbocycles. The molecule has 7 heteroatoms. The van der Waals surface area contributed by atoms with Gasteiger partial charge in [-0.1, -0.05) is 0 Å². The Bertz CT molecular complexity index is 875. The van der Waals surface area contributed by atoms with Gasteiger partial charge in [0.25, 0.3) is 0 Å². The zero-order valence-electron chi connectivity index (χ0n) is 15.0. The SMILES string of the molecule is COc1ccc(OCC(=O)OCC(=O)c2ccc3c(c2)[C@H](C)C(=O)N3)cc1. The Morgan fingerprint density at radius 1 is 1.04 bits per heavy atom. The molecule has 0 bridgehead atoms. The van der Waals surface area contributed by atoms with Gasteiger partial charge in [0.05, 0.1) is 13.0 Å². The summed E-state index contributed by atoms with van der Waals surface area (Å²) in [5.74, 6) is -0.238. The van der Waals surface area contributed by atoms with Gasteiger partial charge in [0.2, 0.25) is 5.91 Å². The lowest BCUT2D eigenvalue weighted by Gasteiger charge is -2.08. The van der Waals surface area contributed by atoms with Crippen LogP contribution in [0, 0.1) is 0 Å². The minimum Gasteiger partial charge on any atom is -0.497 e. The average Bonchev–Trinajstić information content (AvgIpc) is 2.98. The van der Waals surface area contributed by atoms with E-state index in [1.54, 1.807) is 56.5 Å². The van der Waals surface area contributed by atoms with Crippen molar-refractivity contribution in [2.45, 2.75) is 12.8 Å². The molecule has 3 rings (SSSR count). The molecule has 0 radical (unpaired) electrons. The lowest BCUT2D eigenvalue weighted by Crippen LogP contribution is -2.19. The second-order valence-corrected chi connectivity index (χ2v) is 6.06. The number of fused-ring (bicyclic) bond motifs is 1. The summed E-state index contributed by atoms with van der Waals surface area (Å²) in [5.41, 5.74) is 1.86. The van der Waals surface area contributed by atoms with Gasteiger partial charge in [0.1, 0.15) is 11.5 Å². The van der Waals surface area contributed by atoms with Gasteiger partial charge in [0, 0.05) is 11.3 Å². The number of carbonyl (C=O) groups is 3. The number of hydrogen-bond donors (Lipinski definition) is 1. The van der Waals surface area contributed by atoms with Crippen LogP contribution in [0.3, 0.4) is 0 Å². The number of Topliss-reactive ketones (excluding diaryl/α,β-unsaturated/α-hetero) is 1. The topological polar surface area (TPSA) is 90.9 Å². The zero-order valence-corrected chi connectivity index (χ0v) is 15.0. The number of esters is 1. The summed E-state index contributed by atoms with van der Waals surface area (Å²) >= 11 is 0. The summed E-state index contributed by atoms with van der Waals surface area (Å²) in [6.07, 6.45) is 0. The molecule has 0 spiro atoms. The smallest absolute Gasteiger partial charge is 0.344 e. The van der Waals surface area contributed by atoms with E-state index < -0.39 is 5.97 Å². The monoisotopic (exact) mass is 369 g/mol. The van der Waals surface area contributed by atoms with Gasteiger partial charge in [-0.2, -0.15) is 0 Å². The van der Waals surface area contributed by atoms with Crippen LogP contribution in [0.4, 0.5) is 5.69 Å². The van der Waals surface area contributed by atoms with E-state index in [9.17, 15) is 14.4 Å². The molecule has 140 valence electrons. The molecular weight excluding hydrogens is 350 g/mol. The third-order valence-corrected chi connectivity index (χ3v) is 4.27. The highest BCUT2D eigenvalue weighted by molar-refractivity contribution is 6.05. The fourth-order valence-corrected chi connectivity index (χ4v) is 2.68. The van der Waals surface area contributed by atoms with Crippen molar-refractivity contribution in [3.8, 4) is 11.5 Å². The predicted octanol–water partition coefficient (Wildman–Crippen LogP) is 2.56. The maximum absolute atomic E-state index is 12.2. The van der Waals surface area contributed by atoms with E-state index in [2.05, 4.69) is 5.32 Å². The van der Waals surface area contributed by atoms with E-state index in [1.165, 1.54) is 0 Å². The molecule has 0 unspecified atom stereocenters. The first-order chi connectivity index (χ1) is 13.0. The fourth-order valence-electron chi connectivity index (χ4n) is 2.68. The number of amides is 1. The van der Waals surface area contributed by atoms with Gasteiger partial charge < -0.3 is 19.5 Å². The lowest BCUT2D eigenvalue weighted by molar-refractivity contribution is -0.144. The zero-order chi connectivity index (χ0) is 19.4. The first kappa shape index (κ1) is 18.4. The number of rotatable bonds is 7. The number of methoxy groups -OCH3 is 1. The molecule has 2 aromatic carbocycles. The Morgan fingerprint density at radius 2 is 1.74 bits per heavy atom. The number of hydrogen-bond acceptors (Lipinski definition) is 6. The van der Waals surface area contributed by atoms with Crippen LogP contribution in [0.15, 0.2) is 42.5 Å². The first-order valence-corrected chi connectivity index (χ1v) is 8.38. The van der Waals surface area contributed by atoms with Crippen LogP contribution in [0.25, 0.3) is 0 Å². The van der Waals surface area contributed by atoms with Crippen LogP contribution in [0.2, 0.25) is 0 Å². The number of ether oxygens (including phenoxy) is 3. The predicted molar refractivity (Wildman–Crippen MR) is 97.3 cm³/mol. The Morgan fingerprint density at radius 3 is 2.44 bits per heavy atom. The second-order valence-electron chi connectivity index (χ2n) is 6.06. The average molecular weight is 369 g/mol. The van der Waals surface area contributed by atoms with E-state index in [0.29, 0.717) is 22.7 Å². The van der Waals surface area contributed by atoms with E-state index in [0.717, 1.165) is 5.56 Å². The Kier molecular flexibility index (Phi) is 5.40. The third-order valence-electron chi connectivity index (χ3n) is 4.27. The number of anilines is 1. The standard InChI is InChI=1S/C20H19NO6/c1-12-16-9-13(3-8-17(16)21-20(12)24)18(22)10-27-19(23)11-26-15-6-4-14(25-2)5-7-15/h3-9,12H,10-11H2,1-2H3,(H,21,24)/t12-/m0/s1. The van der Waals surface area contributed by atoms with E-state index in [-0.39, 0.29) is 30.8 Å². The van der Waals surface area contributed by atoms with Crippen molar-refractivity contribution in [3.05, 3.63) is 53.6 Å². The Hall–Kier alpha value is -3.35. The number of benzene rings is 2. The largest absolute Gasteiger partial charge is 0.497 e. The van der Waals surface area contributed by atoms with Crippen molar-refractivity contribution in [2.24, 2.45) is 0 Å². The van der Waals surface area contributed by atoms with E-state index >= 15 is 0 Å². The minimum atomic E-state index is -0.648. The van der Waals surface area contributed by atoms with Crippen LogP contribution in [0.5, 0.6) is 11.5 Å². The molecule has 2 aromatic rings. The second kappa shape index (κ2) is 7.90. The molecule has 1 N–H and O–H groups in total. The summed E-state index contributed by atoms with van der Waals surface area (Å²) < 4.78 is 15.3. The summed E-state index contributed by atoms with van der Waals surface area (Å²) in [6, 6.07) is 11.7.